The van der Waals surface area contributed by atoms with E-state index in [0.717, 1.165) is 45.3 Å². The molecule has 0 aliphatic carbocycles. The first-order valence-electron chi connectivity index (χ1n) is 9.50. The molecule has 1 aromatic rings. The van der Waals surface area contributed by atoms with Gasteiger partial charge >= 0.3 is 0 Å². The van der Waals surface area contributed by atoms with Crippen molar-refractivity contribution in [1.29, 1.82) is 0 Å². The van der Waals surface area contributed by atoms with E-state index in [4.69, 9.17) is 4.74 Å². The van der Waals surface area contributed by atoms with Crippen molar-refractivity contribution in [2.24, 2.45) is 5.92 Å². The van der Waals surface area contributed by atoms with Crippen molar-refractivity contribution in [2.45, 2.75) is 25.8 Å². The second-order valence-corrected chi connectivity index (χ2v) is 7.48. The van der Waals surface area contributed by atoms with E-state index in [9.17, 15) is 0 Å². The van der Waals surface area contributed by atoms with Crippen LogP contribution in [0.4, 0.5) is 0 Å². The van der Waals surface area contributed by atoms with Gasteiger partial charge in [-0.15, -0.1) is 0 Å². The number of ether oxygens (including phenoxy) is 1. The summed E-state index contributed by atoms with van der Waals surface area (Å²) in [7, 11) is 2.23. The Morgan fingerprint density at radius 1 is 1.12 bits per heavy atom. The molecular weight excluding hydrogens is 298 g/mol. The first-order chi connectivity index (χ1) is 11.7. The Morgan fingerprint density at radius 2 is 1.83 bits per heavy atom. The van der Waals surface area contributed by atoms with E-state index >= 15 is 0 Å². The lowest BCUT2D eigenvalue weighted by Gasteiger charge is -2.34. The Kier molecular flexibility index (Phi) is 6.67. The van der Waals surface area contributed by atoms with Gasteiger partial charge in [-0.25, -0.2) is 0 Å². The van der Waals surface area contributed by atoms with Crippen molar-refractivity contribution in [2.75, 3.05) is 59.5 Å². The van der Waals surface area contributed by atoms with Gasteiger partial charge in [-0.3, -0.25) is 4.90 Å². The molecule has 1 N–H and O–H groups in total. The molecule has 2 saturated heterocycles. The molecule has 0 bridgehead atoms. The Bertz CT molecular complexity index is 493. The fourth-order valence-corrected chi connectivity index (χ4v) is 3.87. The SMILES string of the molecule is Cc1ccccc1[C@H](CN1CCOCC1)NCC1CCN(C)CC1. The maximum absolute atomic E-state index is 5.51. The first kappa shape index (κ1) is 17.9. The molecule has 3 rings (SSSR count). The van der Waals surface area contributed by atoms with E-state index in [1.165, 1.54) is 37.1 Å². The van der Waals surface area contributed by atoms with E-state index < -0.39 is 0 Å². The van der Waals surface area contributed by atoms with Crippen LogP contribution < -0.4 is 5.32 Å². The molecule has 0 aromatic heterocycles. The van der Waals surface area contributed by atoms with Crippen LogP contribution in [-0.2, 0) is 4.74 Å². The normalized spacial score (nSPS) is 22.6. The second kappa shape index (κ2) is 8.95. The van der Waals surface area contributed by atoms with Crippen LogP contribution in [0.15, 0.2) is 24.3 Å². The second-order valence-electron chi connectivity index (χ2n) is 7.48. The number of nitrogens with zero attached hydrogens (tertiary/aromatic N) is 2. The largest absolute Gasteiger partial charge is 0.379 e. The quantitative estimate of drug-likeness (QED) is 0.866. The molecule has 2 aliphatic rings. The topological polar surface area (TPSA) is 27.7 Å². The predicted octanol–water partition coefficient (Wildman–Crippen LogP) is 2.30. The van der Waals surface area contributed by atoms with Gasteiger partial charge < -0.3 is 15.0 Å². The predicted molar refractivity (Wildman–Crippen MR) is 99.4 cm³/mol. The molecule has 2 fully saturated rings. The highest BCUT2D eigenvalue weighted by molar-refractivity contribution is 5.29. The number of aryl methyl sites for hydroxylation is 1. The third-order valence-electron chi connectivity index (χ3n) is 5.60. The van der Waals surface area contributed by atoms with E-state index in [1.807, 2.05) is 0 Å². The molecule has 0 spiro atoms. The van der Waals surface area contributed by atoms with Gasteiger partial charge in [-0.1, -0.05) is 24.3 Å². The lowest BCUT2D eigenvalue weighted by molar-refractivity contribution is 0.0330. The maximum atomic E-state index is 5.51. The summed E-state index contributed by atoms with van der Waals surface area (Å²) < 4.78 is 5.51. The molecule has 1 atom stereocenters. The molecule has 0 amide bonds. The minimum Gasteiger partial charge on any atom is -0.379 e. The zero-order valence-corrected chi connectivity index (χ0v) is 15.3. The molecule has 134 valence electrons. The molecule has 0 radical (unpaired) electrons. The third-order valence-corrected chi connectivity index (χ3v) is 5.60. The number of morpholine rings is 1. The van der Waals surface area contributed by atoms with Crippen LogP contribution in [0.3, 0.4) is 0 Å². The molecular formula is C20H33N3O. The first-order valence-corrected chi connectivity index (χ1v) is 9.50. The fourth-order valence-electron chi connectivity index (χ4n) is 3.87. The molecule has 1 aromatic carbocycles. The van der Waals surface area contributed by atoms with Crippen molar-refractivity contribution in [3.8, 4) is 0 Å². The Labute approximate surface area is 147 Å². The number of hydrogen-bond donors (Lipinski definition) is 1. The summed E-state index contributed by atoms with van der Waals surface area (Å²) in [6, 6.07) is 9.26. The minimum atomic E-state index is 0.420. The van der Waals surface area contributed by atoms with E-state index in [1.54, 1.807) is 0 Å². The fraction of sp³-hybridized carbons (Fsp3) is 0.700. The van der Waals surface area contributed by atoms with Crippen molar-refractivity contribution in [1.82, 2.24) is 15.1 Å². The molecule has 2 aliphatic heterocycles. The lowest BCUT2D eigenvalue weighted by Crippen LogP contribution is -2.43. The number of rotatable bonds is 6. The van der Waals surface area contributed by atoms with E-state index in [2.05, 4.69) is 53.4 Å². The van der Waals surface area contributed by atoms with Crippen molar-refractivity contribution in [3.05, 3.63) is 35.4 Å². The van der Waals surface area contributed by atoms with Gasteiger partial charge in [0.2, 0.25) is 0 Å². The average Bonchev–Trinajstić information content (AvgIpc) is 2.61. The van der Waals surface area contributed by atoms with Gasteiger partial charge in [-0.05, 0) is 63.5 Å². The average molecular weight is 332 g/mol. The van der Waals surface area contributed by atoms with Crippen LogP contribution in [-0.4, -0.2) is 69.3 Å². The summed E-state index contributed by atoms with van der Waals surface area (Å²) in [5.41, 5.74) is 2.85. The molecule has 4 heteroatoms. The van der Waals surface area contributed by atoms with Gasteiger partial charge in [0.05, 0.1) is 13.2 Å². The van der Waals surface area contributed by atoms with Crippen LogP contribution in [0.5, 0.6) is 0 Å². The van der Waals surface area contributed by atoms with Crippen LogP contribution in [0, 0.1) is 12.8 Å². The Morgan fingerprint density at radius 3 is 2.54 bits per heavy atom. The summed E-state index contributed by atoms with van der Waals surface area (Å²) in [6.45, 7) is 10.8. The summed E-state index contributed by atoms with van der Waals surface area (Å²) in [4.78, 5) is 4.99. The van der Waals surface area contributed by atoms with Crippen LogP contribution in [0.2, 0.25) is 0 Å². The molecule has 2 heterocycles. The van der Waals surface area contributed by atoms with Gasteiger partial charge in [0.25, 0.3) is 0 Å². The zero-order chi connectivity index (χ0) is 16.8. The number of nitrogens with one attached hydrogen (secondary N) is 1. The highest BCUT2D eigenvalue weighted by Crippen LogP contribution is 2.21. The van der Waals surface area contributed by atoms with E-state index in [0.29, 0.717) is 6.04 Å². The monoisotopic (exact) mass is 331 g/mol. The van der Waals surface area contributed by atoms with Crippen LogP contribution in [0.1, 0.15) is 30.0 Å². The number of piperidine rings is 1. The molecule has 24 heavy (non-hydrogen) atoms. The summed E-state index contributed by atoms with van der Waals surface area (Å²) in [5, 5.41) is 3.91. The van der Waals surface area contributed by atoms with Gasteiger partial charge in [0.15, 0.2) is 0 Å². The van der Waals surface area contributed by atoms with Gasteiger partial charge in [0.1, 0.15) is 0 Å². The third kappa shape index (κ3) is 5.03. The maximum Gasteiger partial charge on any atom is 0.0594 e. The zero-order valence-electron chi connectivity index (χ0n) is 15.3. The standard InChI is InChI=1S/C20H33N3O/c1-17-5-3-4-6-19(17)20(16-23-11-13-24-14-12-23)21-15-18-7-9-22(2)10-8-18/h3-6,18,20-21H,7-16H2,1-2H3/t20-/m0/s1. The number of benzene rings is 1. The minimum absolute atomic E-state index is 0.420. The molecule has 0 saturated carbocycles. The summed E-state index contributed by atoms with van der Waals surface area (Å²) >= 11 is 0. The lowest BCUT2D eigenvalue weighted by atomic mass is 9.95. The highest BCUT2D eigenvalue weighted by atomic mass is 16.5. The molecule has 0 unspecified atom stereocenters. The smallest absolute Gasteiger partial charge is 0.0594 e. The summed E-state index contributed by atoms with van der Waals surface area (Å²) in [6.07, 6.45) is 2.64. The van der Waals surface area contributed by atoms with Crippen molar-refractivity contribution < 1.29 is 4.74 Å². The van der Waals surface area contributed by atoms with Crippen molar-refractivity contribution in [3.63, 3.8) is 0 Å². The van der Waals surface area contributed by atoms with Crippen LogP contribution >= 0.6 is 0 Å². The van der Waals surface area contributed by atoms with E-state index in [-0.39, 0.29) is 0 Å². The highest BCUT2D eigenvalue weighted by Gasteiger charge is 2.22. The number of likely N-dealkylation sites (tertiary alicyclic amines) is 1. The van der Waals surface area contributed by atoms with Crippen LogP contribution in [0.25, 0.3) is 0 Å². The Balaban J connectivity index is 1.61. The van der Waals surface area contributed by atoms with Gasteiger partial charge in [-0.2, -0.15) is 0 Å². The Hall–Kier alpha value is -0.940. The van der Waals surface area contributed by atoms with Gasteiger partial charge in [0, 0.05) is 25.7 Å². The molecule has 4 nitrogen and oxygen atoms in total. The summed E-state index contributed by atoms with van der Waals surface area (Å²) in [5.74, 6) is 0.817. The van der Waals surface area contributed by atoms with Crippen molar-refractivity contribution >= 4 is 0 Å². The number of hydrogen-bond acceptors (Lipinski definition) is 4.